The van der Waals surface area contributed by atoms with Gasteiger partial charge in [-0.1, -0.05) is 26.0 Å². The number of hydrogen-bond donors (Lipinski definition) is 2. The summed E-state index contributed by atoms with van der Waals surface area (Å²) in [6, 6.07) is 14.0. The lowest BCUT2D eigenvalue weighted by Crippen LogP contribution is -2.14. The van der Waals surface area contributed by atoms with E-state index in [1.54, 1.807) is 24.3 Å². The number of benzene rings is 2. The van der Waals surface area contributed by atoms with Crippen molar-refractivity contribution in [2.24, 2.45) is 5.73 Å². The lowest BCUT2D eigenvalue weighted by Gasteiger charge is -2.08. The number of nitrogens with one attached hydrogen (secondary N) is 1. The molecule has 0 spiro atoms. The van der Waals surface area contributed by atoms with E-state index in [0.29, 0.717) is 17.0 Å². The van der Waals surface area contributed by atoms with Gasteiger partial charge in [-0.05, 0) is 47.9 Å². The van der Waals surface area contributed by atoms with Crippen molar-refractivity contribution in [2.45, 2.75) is 19.8 Å². The highest BCUT2D eigenvalue weighted by molar-refractivity contribution is 6.05. The molecule has 2 rings (SSSR count). The van der Waals surface area contributed by atoms with Crippen LogP contribution in [-0.4, -0.2) is 11.8 Å². The molecule has 0 radical (unpaired) electrons. The fraction of sp³-hybridized carbons (Fsp3) is 0.176. The molecule has 4 heteroatoms. The summed E-state index contributed by atoms with van der Waals surface area (Å²) in [5, 5.41) is 2.82. The van der Waals surface area contributed by atoms with Crippen LogP contribution in [0, 0.1) is 0 Å². The summed E-state index contributed by atoms with van der Waals surface area (Å²) < 4.78 is 0. The molecule has 3 N–H and O–H groups in total. The smallest absolute Gasteiger partial charge is 0.255 e. The molecule has 2 aromatic carbocycles. The van der Waals surface area contributed by atoms with Crippen LogP contribution in [0.3, 0.4) is 0 Å². The van der Waals surface area contributed by atoms with Crippen molar-refractivity contribution in [1.82, 2.24) is 0 Å². The van der Waals surface area contributed by atoms with Gasteiger partial charge in [0.1, 0.15) is 0 Å². The van der Waals surface area contributed by atoms with E-state index < -0.39 is 5.91 Å². The van der Waals surface area contributed by atoms with Gasteiger partial charge in [0.15, 0.2) is 0 Å². The number of amides is 2. The Balaban J connectivity index is 2.08. The molecule has 0 aliphatic heterocycles. The van der Waals surface area contributed by atoms with Crippen molar-refractivity contribution < 1.29 is 9.59 Å². The van der Waals surface area contributed by atoms with Gasteiger partial charge in [-0.2, -0.15) is 0 Å². The van der Waals surface area contributed by atoms with Gasteiger partial charge in [0.2, 0.25) is 5.91 Å². The SMILES string of the molecule is CC(C)c1ccc(NC(=O)c2ccc(C(N)=O)cc2)cc1. The Morgan fingerprint density at radius 2 is 1.43 bits per heavy atom. The molecule has 0 atom stereocenters. The highest BCUT2D eigenvalue weighted by atomic mass is 16.2. The molecule has 4 nitrogen and oxygen atoms in total. The summed E-state index contributed by atoms with van der Waals surface area (Å²) in [4.78, 5) is 23.1. The molecular formula is C17H18N2O2. The third kappa shape index (κ3) is 3.69. The molecule has 2 amide bonds. The van der Waals surface area contributed by atoms with Gasteiger partial charge in [0, 0.05) is 16.8 Å². The van der Waals surface area contributed by atoms with Crippen LogP contribution in [0.1, 0.15) is 46.0 Å². The number of carbonyl (C=O) groups is 2. The van der Waals surface area contributed by atoms with E-state index in [2.05, 4.69) is 19.2 Å². The summed E-state index contributed by atoms with van der Waals surface area (Å²) >= 11 is 0. The fourth-order valence-electron chi connectivity index (χ4n) is 1.94. The van der Waals surface area contributed by atoms with Crippen LogP contribution in [0.5, 0.6) is 0 Å². The first-order valence-corrected chi connectivity index (χ1v) is 6.78. The van der Waals surface area contributed by atoms with Gasteiger partial charge >= 0.3 is 0 Å². The second-order valence-corrected chi connectivity index (χ2v) is 5.17. The summed E-state index contributed by atoms with van der Waals surface area (Å²) in [5.41, 5.74) is 7.98. The average Bonchev–Trinajstić information content (AvgIpc) is 2.47. The monoisotopic (exact) mass is 282 g/mol. The van der Waals surface area contributed by atoms with E-state index in [4.69, 9.17) is 5.73 Å². The van der Waals surface area contributed by atoms with Crippen molar-refractivity contribution in [3.8, 4) is 0 Å². The Morgan fingerprint density at radius 1 is 0.905 bits per heavy atom. The average molecular weight is 282 g/mol. The van der Waals surface area contributed by atoms with Gasteiger partial charge < -0.3 is 11.1 Å². The summed E-state index contributed by atoms with van der Waals surface area (Å²) in [5.74, 6) is -0.273. The Morgan fingerprint density at radius 3 is 1.90 bits per heavy atom. The molecule has 0 aliphatic carbocycles. The van der Waals surface area contributed by atoms with E-state index in [1.165, 1.54) is 5.56 Å². The minimum atomic E-state index is -0.508. The zero-order valence-electron chi connectivity index (χ0n) is 12.1. The summed E-state index contributed by atoms with van der Waals surface area (Å²) in [7, 11) is 0. The highest BCUT2D eigenvalue weighted by Gasteiger charge is 2.08. The van der Waals surface area contributed by atoms with Crippen LogP contribution >= 0.6 is 0 Å². The zero-order valence-corrected chi connectivity index (χ0v) is 12.1. The first kappa shape index (κ1) is 14.8. The second-order valence-electron chi connectivity index (χ2n) is 5.17. The van der Waals surface area contributed by atoms with Gasteiger partial charge in [-0.25, -0.2) is 0 Å². The number of primary amides is 1. The zero-order chi connectivity index (χ0) is 15.4. The first-order valence-electron chi connectivity index (χ1n) is 6.78. The standard InChI is InChI=1S/C17H18N2O2/c1-11(2)12-7-9-15(10-8-12)19-17(21)14-5-3-13(4-6-14)16(18)20/h3-11H,1-2H3,(H2,18,20)(H,19,21). The third-order valence-corrected chi connectivity index (χ3v) is 3.27. The van der Waals surface area contributed by atoms with E-state index in [0.717, 1.165) is 5.69 Å². The van der Waals surface area contributed by atoms with Crippen LogP contribution < -0.4 is 11.1 Å². The normalized spacial score (nSPS) is 10.4. The predicted molar refractivity (Wildman–Crippen MR) is 83.4 cm³/mol. The molecule has 0 saturated heterocycles. The third-order valence-electron chi connectivity index (χ3n) is 3.27. The molecule has 0 saturated carbocycles. The summed E-state index contributed by atoms with van der Waals surface area (Å²) in [6.07, 6.45) is 0. The molecular weight excluding hydrogens is 264 g/mol. The molecule has 0 unspecified atom stereocenters. The lowest BCUT2D eigenvalue weighted by molar-refractivity contribution is 0.0995. The number of nitrogens with two attached hydrogens (primary N) is 1. The van der Waals surface area contributed by atoms with Crippen LogP contribution in [0.2, 0.25) is 0 Å². The van der Waals surface area contributed by atoms with Crippen molar-refractivity contribution >= 4 is 17.5 Å². The van der Waals surface area contributed by atoms with Gasteiger partial charge in [-0.3, -0.25) is 9.59 Å². The number of anilines is 1. The van der Waals surface area contributed by atoms with Crippen LogP contribution in [-0.2, 0) is 0 Å². The Bertz CT molecular complexity index is 643. The Kier molecular flexibility index (Phi) is 4.38. The number of rotatable bonds is 4. The summed E-state index contributed by atoms with van der Waals surface area (Å²) in [6.45, 7) is 4.24. The van der Waals surface area contributed by atoms with Crippen molar-refractivity contribution in [2.75, 3.05) is 5.32 Å². The van der Waals surface area contributed by atoms with Gasteiger partial charge in [-0.15, -0.1) is 0 Å². The van der Waals surface area contributed by atoms with Crippen LogP contribution in [0.25, 0.3) is 0 Å². The first-order chi connectivity index (χ1) is 9.97. The molecule has 0 heterocycles. The molecule has 0 bridgehead atoms. The maximum atomic E-state index is 12.1. The molecule has 108 valence electrons. The highest BCUT2D eigenvalue weighted by Crippen LogP contribution is 2.17. The largest absolute Gasteiger partial charge is 0.366 e. The predicted octanol–water partition coefficient (Wildman–Crippen LogP) is 3.16. The molecule has 2 aromatic rings. The fourth-order valence-corrected chi connectivity index (χ4v) is 1.94. The van der Waals surface area contributed by atoms with Crippen molar-refractivity contribution in [3.63, 3.8) is 0 Å². The van der Waals surface area contributed by atoms with E-state index >= 15 is 0 Å². The van der Waals surface area contributed by atoms with Gasteiger partial charge in [0.05, 0.1) is 0 Å². The Labute approximate surface area is 124 Å². The van der Waals surface area contributed by atoms with Crippen molar-refractivity contribution in [3.05, 3.63) is 65.2 Å². The van der Waals surface area contributed by atoms with Gasteiger partial charge in [0.25, 0.3) is 5.91 Å². The number of carbonyl (C=O) groups excluding carboxylic acids is 2. The van der Waals surface area contributed by atoms with Crippen molar-refractivity contribution in [1.29, 1.82) is 0 Å². The molecule has 0 aliphatic rings. The van der Waals surface area contributed by atoms with E-state index in [1.807, 2.05) is 24.3 Å². The lowest BCUT2D eigenvalue weighted by atomic mass is 10.0. The quantitative estimate of drug-likeness (QED) is 0.904. The molecule has 21 heavy (non-hydrogen) atoms. The van der Waals surface area contributed by atoms with E-state index in [-0.39, 0.29) is 5.91 Å². The maximum Gasteiger partial charge on any atom is 0.255 e. The van der Waals surface area contributed by atoms with Crippen LogP contribution in [0.15, 0.2) is 48.5 Å². The molecule has 0 fully saturated rings. The number of hydrogen-bond acceptors (Lipinski definition) is 2. The van der Waals surface area contributed by atoms with Crippen LogP contribution in [0.4, 0.5) is 5.69 Å². The minimum absolute atomic E-state index is 0.219. The second kappa shape index (κ2) is 6.22. The minimum Gasteiger partial charge on any atom is -0.366 e. The topological polar surface area (TPSA) is 72.2 Å². The molecule has 0 aromatic heterocycles. The van der Waals surface area contributed by atoms with E-state index in [9.17, 15) is 9.59 Å². The maximum absolute atomic E-state index is 12.1. The Hall–Kier alpha value is -2.62.